The van der Waals surface area contributed by atoms with Crippen LogP contribution in [0.25, 0.3) is 0 Å². The molecule has 0 aliphatic carbocycles. The van der Waals surface area contributed by atoms with Gasteiger partial charge in [-0.3, -0.25) is 0 Å². The number of rotatable bonds is 0. The molecular formula is C4H6O3S. The van der Waals surface area contributed by atoms with E-state index in [2.05, 4.69) is 22.1 Å². The van der Waals surface area contributed by atoms with E-state index >= 15 is 0 Å². The number of hydrogen-bond donors (Lipinski definition) is 1. The molecule has 0 aromatic rings. The molecule has 0 radical (unpaired) electrons. The van der Waals surface area contributed by atoms with E-state index in [9.17, 15) is 4.79 Å². The minimum absolute atomic E-state index is 0.0488. The summed E-state index contributed by atoms with van der Waals surface area (Å²) in [4.78, 5) is 10.1. The second kappa shape index (κ2) is 2.26. The van der Waals surface area contributed by atoms with Crippen LogP contribution in [0, 0.1) is 0 Å². The Bertz CT molecular complexity index is 93.5. The number of ether oxygens (including phenoxy) is 2. The number of carbonyl (C=O) groups excluding carboxylic acids is 1. The number of thiol groups is 1. The molecule has 0 spiro atoms. The molecule has 0 unspecified atom stereocenters. The Morgan fingerprint density at radius 1 is 1.50 bits per heavy atom. The fourth-order valence-corrected chi connectivity index (χ4v) is 0.567. The van der Waals surface area contributed by atoms with Crippen molar-refractivity contribution >= 4 is 18.8 Å². The van der Waals surface area contributed by atoms with Crippen molar-refractivity contribution in [2.45, 2.75) is 5.25 Å². The summed E-state index contributed by atoms with van der Waals surface area (Å²) in [6.07, 6.45) is -0.588. The maximum Gasteiger partial charge on any atom is 0.508 e. The summed E-state index contributed by atoms with van der Waals surface area (Å²) in [6.45, 7) is 0.726. The van der Waals surface area contributed by atoms with Gasteiger partial charge in [-0.05, 0) is 0 Å². The molecule has 0 aromatic heterocycles. The van der Waals surface area contributed by atoms with Gasteiger partial charge in [-0.2, -0.15) is 12.6 Å². The molecule has 0 N–H and O–H groups in total. The van der Waals surface area contributed by atoms with Crippen LogP contribution in [0.2, 0.25) is 0 Å². The predicted molar refractivity (Wildman–Crippen MR) is 30.1 cm³/mol. The van der Waals surface area contributed by atoms with Gasteiger partial charge in [-0.25, -0.2) is 4.79 Å². The molecule has 46 valence electrons. The lowest BCUT2D eigenvalue weighted by Gasteiger charge is -2.16. The molecule has 0 bridgehead atoms. The van der Waals surface area contributed by atoms with Gasteiger partial charge < -0.3 is 9.47 Å². The molecule has 1 fully saturated rings. The van der Waals surface area contributed by atoms with Gasteiger partial charge in [-0.1, -0.05) is 0 Å². The zero-order valence-corrected chi connectivity index (χ0v) is 5.06. The molecule has 3 nitrogen and oxygen atoms in total. The topological polar surface area (TPSA) is 35.5 Å². The Labute approximate surface area is 52.4 Å². The first-order valence-electron chi connectivity index (χ1n) is 2.26. The smallest absolute Gasteiger partial charge is 0.433 e. The van der Waals surface area contributed by atoms with Gasteiger partial charge in [0.05, 0.1) is 5.25 Å². The Balaban J connectivity index is 2.29. The third kappa shape index (κ3) is 1.30. The predicted octanol–water partition coefficient (Wildman–Crippen LogP) is 0.452. The van der Waals surface area contributed by atoms with Crippen LogP contribution in [-0.4, -0.2) is 24.6 Å². The highest BCUT2D eigenvalue weighted by molar-refractivity contribution is 7.81. The van der Waals surface area contributed by atoms with E-state index in [4.69, 9.17) is 0 Å². The van der Waals surface area contributed by atoms with Crippen LogP contribution >= 0.6 is 12.6 Å². The summed E-state index contributed by atoms with van der Waals surface area (Å²) in [5.74, 6) is 0. The minimum Gasteiger partial charge on any atom is -0.433 e. The van der Waals surface area contributed by atoms with Gasteiger partial charge in [0, 0.05) is 0 Å². The molecule has 8 heavy (non-hydrogen) atoms. The van der Waals surface area contributed by atoms with Crippen molar-refractivity contribution in [3.8, 4) is 0 Å². The fraction of sp³-hybridized carbons (Fsp3) is 0.750. The summed E-state index contributed by atoms with van der Waals surface area (Å²) in [6, 6.07) is 0. The first kappa shape index (κ1) is 5.75. The molecule has 0 atom stereocenters. The van der Waals surface area contributed by atoms with E-state index in [1.807, 2.05) is 0 Å². The van der Waals surface area contributed by atoms with Gasteiger partial charge in [0.1, 0.15) is 13.2 Å². The normalized spacial score (nSPS) is 21.9. The van der Waals surface area contributed by atoms with Crippen LogP contribution in [0.1, 0.15) is 0 Å². The van der Waals surface area contributed by atoms with Crippen LogP contribution in [0.15, 0.2) is 0 Å². The summed E-state index contributed by atoms with van der Waals surface area (Å²) in [5.41, 5.74) is 0. The second-order valence-corrected chi connectivity index (χ2v) is 2.26. The molecule has 1 aliphatic heterocycles. The van der Waals surface area contributed by atoms with Crippen LogP contribution in [-0.2, 0) is 9.47 Å². The van der Waals surface area contributed by atoms with Crippen molar-refractivity contribution < 1.29 is 14.3 Å². The SMILES string of the molecule is O=C1OCC(S)CO1. The Morgan fingerprint density at radius 2 is 2.00 bits per heavy atom. The minimum atomic E-state index is -0.588. The van der Waals surface area contributed by atoms with Crippen LogP contribution in [0.3, 0.4) is 0 Å². The maximum atomic E-state index is 10.1. The van der Waals surface area contributed by atoms with E-state index < -0.39 is 6.16 Å². The highest BCUT2D eigenvalue weighted by Crippen LogP contribution is 2.04. The third-order valence-electron chi connectivity index (χ3n) is 0.787. The summed E-state index contributed by atoms with van der Waals surface area (Å²) >= 11 is 4.00. The van der Waals surface area contributed by atoms with Crippen LogP contribution < -0.4 is 0 Å². The monoisotopic (exact) mass is 134 g/mol. The standard InChI is InChI=1S/C4H6O3S/c5-4-6-1-3(8)2-7-4/h3,8H,1-2H2. The largest absolute Gasteiger partial charge is 0.508 e. The van der Waals surface area contributed by atoms with E-state index in [1.54, 1.807) is 0 Å². The molecular weight excluding hydrogens is 128 g/mol. The first-order valence-corrected chi connectivity index (χ1v) is 2.78. The molecule has 1 aliphatic rings. The molecule has 0 aromatic carbocycles. The molecule has 0 saturated carbocycles. The van der Waals surface area contributed by atoms with Crippen molar-refractivity contribution in [3.63, 3.8) is 0 Å². The summed E-state index contributed by atoms with van der Waals surface area (Å²) in [7, 11) is 0. The molecule has 1 heterocycles. The summed E-state index contributed by atoms with van der Waals surface area (Å²) < 4.78 is 8.91. The molecule has 1 rings (SSSR count). The van der Waals surface area contributed by atoms with Crippen molar-refractivity contribution in [2.24, 2.45) is 0 Å². The number of cyclic esters (lactones) is 2. The van der Waals surface area contributed by atoms with Gasteiger partial charge in [0.15, 0.2) is 0 Å². The number of carbonyl (C=O) groups is 1. The third-order valence-corrected chi connectivity index (χ3v) is 1.09. The lowest BCUT2D eigenvalue weighted by Crippen LogP contribution is -2.27. The van der Waals surface area contributed by atoms with Gasteiger partial charge in [0.25, 0.3) is 0 Å². The maximum absolute atomic E-state index is 10.1. The zero-order valence-electron chi connectivity index (χ0n) is 4.16. The van der Waals surface area contributed by atoms with Crippen LogP contribution in [0.4, 0.5) is 4.79 Å². The summed E-state index contributed by atoms with van der Waals surface area (Å²) in [5, 5.41) is 0.0488. The van der Waals surface area contributed by atoms with Crippen molar-refractivity contribution in [2.75, 3.05) is 13.2 Å². The van der Waals surface area contributed by atoms with E-state index in [1.165, 1.54) is 0 Å². The average molecular weight is 134 g/mol. The average Bonchev–Trinajstić information content (AvgIpc) is 1.77. The van der Waals surface area contributed by atoms with E-state index in [-0.39, 0.29) is 5.25 Å². The molecule has 0 amide bonds. The van der Waals surface area contributed by atoms with Gasteiger partial charge in [-0.15, -0.1) is 0 Å². The highest BCUT2D eigenvalue weighted by atomic mass is 32.1. The Morgan fingerprint density at radius 3 is 2.38 bits per heavy atom. The number of hydrogen-bond acceptors (Lipinski definition) is 4. The zero-order chi connectivity index (χ0) is 5.98. The first-order chi connectivity index (χ1) is 3.79. The second-order valence-electron chi connectivity index (χ2n) is 1.53. The fourth-order valence-electron chi connectivity index (χ4n) is 0.418. The lowest BCUT2D eigenvalue weighted by atomic mass is 10.5. The molecule has 1 saturated heterocycles. The van der Waals surface area contributed by atoms with Crippen molar-refractivity contribution in [1.29, 1.82) is 0 Å². The van der Waals surface area contributed by atoms with Gasteiger partial charge >= 0.3 is 6.16 Å². The highest BCUT2D eigenvalue weighted by Gasteiger charge is 2.16. The Hall–Kier alpha value is -0.380. The van der Waals surface area contributed by atoms with E-state index in [0.717, 1.165) is 0 Å². The molecule has 4 heteroatoms. The van der Waals surface area contributed by atoms with Crippen molar-refractivity contribution in [3.05, 3.63) is 0 Å². The lowest BCUT2D eigenvalue weighted by molar-refractivity contribution is 0.0230. The quantitative estimate of drug-likeness (QED) is 0.386. The van der Waals surface area contributed by atoms with Gasteiger partial charge in [0.2, 0.25) is 0 Å². The van der Waals surface area contributed by atoms with Crippen LogP contribution in [0.5, 0.6) is 0 Å². The van der Waals surface area contributed by atoms with E-state index in [0.29, 0.717) is 13.2 Å². The van der Waals surface area contributed by atoms with Crippen molar-refractivity contribution in [1.82, 2.24) is 0 Å². The Kier molecular flexibility index (Phi) is 1.62.